The van der Waals surface area contributed by atoms with Crippen LogP contribution in [-0.4, -0.2) is 28.7 Å². The van der Waals surface area contributed by atoms with E-state index in [2.05, 4.69) is 6.58 Å². The zero-order valence-corrected chi connectivity index (χ0v) is 36.2. The highest BCUT2D eigenvalue weighted by Crippen LogP contribution is 2.41. The summed E-state index contributed by atoms with van der Waals surface area (Å²) in [6.07, 6.45) is -9.25. The molecule has 340 valence electrons. The molecule has 0 radical (unpaired) electrons. The van der Waals surface area contributed by atoms with E-state index in [0.29, 0.717) is 44.6 Å². The predicted molar refractivity (Wildman–Crippen MR) is 245 cm³/mol. The molecule has 0 unspecified atom stereocenters. The summed E-state index contributed by atoms with van der Waals surface area (Å²) in [6, 6.07) is 31.3. The van der Waals surface area contributed by atoms with E-state index in [9.17, 15) is 39.5 Å². The first-order valence-electron chi connectivity index (χ1n) is 21.0. The second kappa shape index (κ2) is 17.6. The number of aromatic nitrogens is 6. The van der Waals surface area contributed by atoms with Crippen molar-refractivity contribution in [3.05, 3.63) is 180 Å². The van der Waals surface area contributed by atoms with Gasteiger partial charge in [-0.25, -0.2) is 15.0 Å². The second-order valence-corrected chi connectivity index (χ2v) is 15.2. The standard InChI is InChI=1S/C50H33F9N6.C2H6/c1-4-11-39-42(5-2)63(36-15-8-12-33(26-36)48(51,52)53)45(60-39)30-23-31(46-61-40-18-6-7-19-43(40)64(46)37-16-9-13-34(27-37)49(54,55)56)25-32(24-30)47-62-41-21-20-29(3)22-44(41)65(47)38-17-10-14-35(28-38)50(57,58)59;1-2/h4-28H,2H2,1,3H3;1-2H3/b11-4-;. The molecule has 0 spiro atoms. The van der Waals surface area contributed by atoms with Gasteiger partial charge < -0.3 is 0 Å². The average Bonchev–Trinajstić information content (AvgIpc) is 4.01. The molecule has 6 nitrogen and oxygen atoms in total. The molecular formula is C52H39F9N6. The third-order valence-corrected chi connectivity index (χ3v) is 10.8. The molecule has 9 rings (SSSR count). The van der Waals surface area contributed by atoms with Crippen LogP contribution >= 0.6 is 0 Å². The molecule has 3 heterocycles. The van der Waals surface area contributed by atoms with Crippen LogP contribution in [0.4, 0.5) is 39.5 Å². The molecule has 0 aliphatic heterocycles. The number of hydrogen-bond acceptors (Lipinski definition) is 3. The molecule has 0 atom stereocenters. The zero-order chi connectivity index (χ0) is 48.0. The van der Waals surface area contributed by atoms with Crippen LogP contribution in [0.5, 0.6) is 0 Å². The van der Waals surface area contributed by atoms with Crippen LogP contribution in [0.25, 0.3) is 85.4 Å². The highest BCUT2D eigenvalue weighted by Gasteiger charge is 2.34. The quantitative estimate of drug-likeness (QED) is 0.143. The van der Waals surface area contributed by atoms with Gasteiger partial charge >= 0.3 is 18.5 Å². The number of imidazole rings is 3. The van der Waals surface area contributed by atoms with Gasteiger partial charge in [-0.1, -0.05) is 62.9 Å². The fourth-order valence-corrected chi connectivity index (χ4v) is 7.98. The van der Waals surface area contributed by atoms with Crippen molar-refractivity contribution in [3.63, 3.8) is 0 Å². The van der Waals surface area contributed by atoms with E-state index in [1.54, 1.807) is 88.9 Å². The van der Waals surface area contributed by atoms with E-state index in [4.69, 9.17) is 15.0 Å². The molecule has 0 saturated carbocycles. The Morgan fingerprint density at radius 1 is 0.478 bits per heavy atom. The molecule has 67 heavy (non-hydrogen) atoms. The first-order chi connectivity index (χ1) is 31.9. The third-order valence-electron chi connectivity index (χ3n) is 10.8. The van der Waals surface area contributed by atoms with Crippen molar-refractivity contribution in [1.82, 2.24) is 28.7 Å². The first-order valence-corrected chi connectivity index (χ1v) is 21.0. The minimum Gasteiger partial charge on any atom is -0.292 e. The maximum absolute atomic E-state index is 14.3. The Kier molecular flexibility index (Phi) is 12.1. The predicted octanol–water partition coefficient (Wildman–Crippen LogP) is 15.6. The van der Waals surface area contributed by atoms with Crippen molar-refractivity contribution in [3.8, 4) is 51.2 Å². The Balaban J connectivity index is 0.00000300. The largest absolute Gasteiger partial charge is 0.416 e. The molecule has 9 aromatic rings. The van der Waals surface area contributed by atoms with Crippen molar-refractivity contribution < 1.29 is 39.5 Å². The molecule has 0 aliphatic carbocycles. The molecule has 0 amide bonds. The molecule has 0 saturated heterocycles. The summed E-state index contributed by atoms with van der Waals surface area (Å²) in [7, 11) is 0. The maximum Gasteiger partial charge on any atom is 0.416 e. The van der Waals surface area contributed by atoms with Crippen LogP contribution in [0, 0.1) is 6.92 Å². The molecule has 3 aromatic heterocycles. The van der Waals surface area contributed by atoms with E-state index < -0.39 is 35.2 Å². The monoisotopic (exact) mass is 918 g/mol. The normalized spacial score (nSPS) is 12.3. The van der Waals surface area contributed by atoms with Crippen molar-refractivity contribution in [2.75, 3.05) is 0 Å². The topological polar surface area (TPSA) is 53.5 Å². The smallest absolute Gasteiger partial charge is 0.292 e. The Morgan fingerprint density at radius 2 is 0.910 bits per heavy atom. The number of hydrogen-bond donors (Lipinski definition) is 0. The SMILES string of the molecule is C=Cc1c(/C=C\C)nc(-c2cc(-c3nc4ccccc4n3-c3cccc(C(F)(F)F)c3)cc(-c3nc4ccc(C)cc4n3-c3cccc(C(F)(F)F)c3)c2)n1-c1cccc(C(F)(F)F)c1.CC. The van der Waals surface area contributed by atoms with E-state index in [0.717, 1.165) is 42.0 Å². The molecule has 0 fully saturated rings. The summed E-state index contributed by atoms with van der Waals surface area (Å²) < 4.78 is 133. The number of fused-ring (bicyclic) bond motifs is 2. The Morgan fingerprint density at radius 3 is 1.37 bits per heavy atom. The van der Waals surface area contributed by atoms with Crippen LogP contribution in [0.2, 0.25) is 0 Å². The van der Waals surface area contributed by atoms with Crippen LogP contribution in [0.1, 0.15) is 54.4 Å². The van der Waals surface area contributed by atoms with Crippen molar-refractivity contribution in [1.29, 1.82) is 0 Å². The number of nitrogens with zero attached hydrogens (tertiary/aromatic N) is 6. The summed E-state index contributed by atoms with van der Waals surface area (Å²) in [5.41, 5.74) is 1.75. The van der Waals surface area contributed by atoms with Crippen LogP contribution < -0.4 is 0 Å². The summed E-state index contributed by atoms with van der Waals surface area (Å²) in [6.45, 7) is 11.5. The van der Waals surface area contributed by atoms with Gasteiger partial charge in [0, 0.05) is 33.8 Å². The van der Waals surface area contributed by atoms with Crippen molar-refractivity contribution >= 4 is 34.2 Å². The number of aryl methyl sites for hydroxylation is 1. The molecule has 15 heteroatoms. The molecular weight excluding hydrogens is 880 g/mol. The van der Waals surface area contributed by atoms with Crippen LogP contribution in [0.3, 0.4) is 0 Å². The molecule has 0 bridgehead atoms. The number of halogens is 9. The average molecular weight is 919 g/mol. The number of benzene rings is 6. The highest BCUT2D eigenvalue weighted by atomic mass is 19.4. The van der Waals surface area contributed by atoms with Gasteiger partial charge in [0.25, 0.3) is 0 Å². The first kappa shape index (κ1) is 45.9. The molecule has 0 aliphatic rings. The fraction of sp³-hybridized carbons (Fsp3) is 0.135. The number of alkyl halides is 9. The van der Waals surface area contributed by atoms with E-state index in [-0.39, 0.29) is 40.1 Å². The van der Waals surface area contributed by atoms with Crippen molar-refractivity contribution in [2.24, 2.45) is 0 Å². The lowest BCUT2D eigenvalue weighted by molar-refractivity contribution is -0.138. The molecule has 6 aromatic carbocycles. The number of rotatable bonds is 8. The molecule has 0 N–H and O–H groups in total. The summed E-state index contributed by atoms with van der Waals surface area (Å²) in [5, 5.41) is 0. The van der Waals surface area contributed by atoms with E-state index >= 15 is 0 Å². The lowest BCUT2D eigenvalue weighted by atomic mass is 10.0. The van der Waals surface area contributed by atoms with E-state index in [1.807, 2.05) is 20.8 Å². The Hall–Kier alpha value is -7.68. The van der Waals surface area contributed by atoms with Gasteiger partial charge in [0.1, 0.15) is 17.5 Å². The van der Waals surface area contributed by atoms with Crippen LogP contribution in [0.15, 0.2) is 146 Å². The summed E-state index contributed by atoms with van der Waals surface area (Å²) in [4.78, 5) is 14.8. The van der Waals surface area contributed by atoms with Gasteiger partial charge in [0.15, 0.2) is 0 Å². The Labute approximate surface area is 378 Å². The van der Waals surface area contributed by atoms with Crippen LogP contribution in [-0.2, 0) is 18.5 Å². The lowest BCUT2D eigenvalue weighted by Crippen LogP contribution is -2.08. The fourth-order valence-electron chi connectivity index (χ4n) is 7.98. The van der Waals surface area contributed by atoms with E-state index in [1.165, 1.54) is 47.0 Å². The third kappa shape index (κ3) is 8.76. The number of para-hydroxylation sites is 2. The minimum absolute atomic E-state index is 0.0859. The Bertz CT molecular complexity index is 3340. The van der Waals surface area contributed by atoms with Gasteiger partial charge in [-0.2, -0.15) is 39.5 Å². The maximum atomic E-state index is 14.3. The minimum atomic E-state index is -4.70. The lowest BCUT2D eigenvalue weighted by Gasteiger charge is -2.17. The zero-order valence-electron chi connectivity index (χ0n) is 36.2. The summed E-state index contributed by atoms with van der Waals surface area (Å²) >= 11 is 0. The summed E-state index contributed by atoms with van der Waals surface area (Å²) in [5.74, 6) is 0.472. The van der Waals surface area contributed by atoms with Crippen molar-refractivity contribution in [2.45, 2.75) is 46.2 Å². The van der Waals surface area contributed by atoms with Gasteiger partial charge in [-0.15, -0.1) is 0 Å². The second-order valence-electron chi connectivity index (χ2n) is 15.2. The van der Waals surface area contributed by atoms with Gasteiger partial charge in [0.05, 0.1) is 50.1 Å². The van der Waals surface area contributed by atoms with Gasteiger partial charge in [-0.3, -0.25) is 13.7 Å². The van der Waals surface area contributed by atoms with Gasteiger partial charge in [-0.05, 0) is 129 Å². The highest BCUT2D eigenvalue weighted by molar-refractivity contribution is 5.89. The van der Waals surface area contributed by atoms with Gasteiger partial charge in [0.2, 0.25) is 0 Å². The number of allylic oxidation sites excluding steroid dienone is 1.